The fraction of sp³-hybridized carbons (Fsp3) is 0.520. The van der Waals surface area contributed by atoms with Crippen molar-refractivity contribution in [2.24, 2.45) is 7.05 Å². The number of nitrogens with one attached hydrogen (secondary N) is 2. The molecular weight excluding hydrogens is 388 g/mol. The molecule has 1 unspecified atom stereocenters. The number of amides is 2. The Labute approximate surface area is 185 Å². The maximum atomic E-state index is 12.6. The van der Waals surface area contributed by atoms with Crippen molar-refractivity contribution in [2.45, 2.75) is 63.6 Å². The summed E-state index contributed by atoms with van der Waals surface area (Å²) in [4.78, 5) is 27.5. The summed E-state index contributed by atoms with van der Waals surface area (Å²) < 4.78 is 2.10. The Morgan fingerprint density at radius 1 is 1.00 bits per heavy atom. The van der Waals surface area contributed by atoms with Gasteiger partial charge in [-0.05, 0) is 42.5 Å². The van der Waals surface area contributed by atoms with E-state index in [1.54, 1.807) is 0 Å². The zero-order valence-corrected chi connectivity index (χ0v) is 18.5. The summed E-state index contributed by atoms with van der Waals surface area (Å²) in [6, 6.07) is 12.8. The highest BCUT2D eigenvalue weighted by Crippen LogP contribution is 2.27. The van der Waals surface area contributed by atoms with E-state index in [4.69, 9.17) is 0 Å². The number of nitrogens with zero attached hydrogens (tertiary/aromatic N) is 2. The SMILES string of the molecule is Cn1cccc1C(CNC(=O)C(=O)NC1CCCCCC1)N1CCc2ccccc2C1. The molecule has 31 heavy (non-hydrogen) atoms. The van der Waals surface area contributed by atoms with Gasteiger partial charge in [-0.25, -0.2) is 0 Å². The van der Waals surface area contributed by atoms with Gasteiger partial charge < -0.3 is 15.2 Å². The molecule has 2 N–H and O–H groups in total. The van der Waals surface area contributed by atoms with Crippen molar-refractivity contribution >= 4 is 11.8 Å². The third-order valence-electron chi connectivity index (χ3n) is 6.78. The second kappa shape index (κ2) is 10.1. The minimum Gasteiger partial charge on any atom is -0.353 e. The molecule has 0 spiro atoms. The van der Waals surface area contributed by atoms with Crippen LogP contribution >= 0.6 is 0 Å². The van der Waals surface area contributed by atoms with Crippen molar-refractivity contribution < 1.29 is 9.59 Å². The summed E-state index contributed by atoms with van der Waals surface area (Å²) in [6.45, 7) is 2.18. The molecular formula is C25H34N4O2. The first kappa shape index (κ1) is 21.6. The predicted octanol–water partition coefficient (Wildman–Crippen LogP) is 3.08. The van der Waals surface area contributed by atoms with Gasteiger partial charge in [0.05, 0.1) is 6.04 Å². The zero-order chi connectivity index (χ0) is 21.6. The normalized spacial score (nSPS) is 18.6. The Balaban J connectivity index is 1.40. The lowest BCUT2D eigenvalue weighted by Gasteiger charge is -2.36. The highest BCUT2D eigenvalue weighted by atomic mass is 16.2. The van der Waals surface area contributed by atoms with Gasteiger partial charge in [0.15, 0.2) is 0 Å². The monoisotopic (exact) mass is 422 g/mol. The quantitative estimate of drug-likeness (QED) is 0.575. The molecule has 2 aromatic rings. The third kappa shape index (κ3) is 5.37. The summed E-state index contributed by atoms with van der Waals surface area (Å²) in [6.07, 6.45) is 9.65. The molecule has 0 saturated heterocycles. The lowest BCUT2D eigenvalue weighted by molar-refractivity contribution is -0.139. The van der Waals surface area contributed by atoms with Crippen LogP contribution in [-0.4, -0.2) is 40.4 Å². The molecule has 0 bridgehead atoms. The largest absolute Gasteiger partial charge is 0.353 e. The summed E-state index contributed by atoms with van der Waals surface area (Å²) in [5.41, 5.74) is 3.88. The Morgan fingerprint density at radius 2 is 1.74 bits per heavy atom. The number of hydrogen-bond donors (Lipinski definition) is 2. The van der Waals surface area contributed by atoms with E-state index >= 15 is 0 Å². The van der Waals surface area contributed by atoms with Crippen LogP contribution in [0.4, 0.5) is 0 Å². The second-order valence-corrected chi connectivity index (χ2v) is 8.92. The molecule has 1 aliphatic carbocycles. The summed E-state index contributed by atoms with van der Waals surface area (Å²) >= 11 is 0. The van der Waals surface area contributed by atoms with Crippen LogP contribution in [0.15, 0.2) is 42.6 Å². The van der Waals surface area contributed by atoms with Gasteiger partial charge in [-0.2, -0.15) is 0 Å². The van der Waals surface area contributed by atoms with E-state index in [9.17, 15) is 9.59 Å². The molecule has 1 atom stereocenters. The fourth-order valence-electron chi connectivity index (χ4n) is 4.97. The van der Waals surface area contributed by atoms with Crippen LogP contribution in [0.2, 0.25) is 0 Å². The van der Waals surface area contributed by atoms with E-state index in [0.29, 0.717) is 6.54 Å². The van der Waals surface area contributed by atoms with E-state index in [0.717, 1.165) is 50.9 Å². The van der Waals surface area contributed by atoms with Crippen molar-refractivity contribution in [2.75, 3.05) is 13.1 Å². The molecule has 2 amide bonds. The van der Waals surface area contributed by atoms with Gasteiger partial charge in [0, 0.05) is 44.6 Å². The van der Waals surface area contributed by atoms with Crippen molar-refractivity contribution in [3.8, 4) is 0 Å². The zero-order valence-electron chi connectivity index (χ0n) is 18.5. The molecule has 1 aliphatic heterocycles. The van der Waals surface area contributed by atoms with E-state index in [1.807, 2.05) is 19.3 Å². The van der Waals surface area contributed by atoms with Crippen LogP contribution < -0.4 is 10.6 Å². The molecule has 1 aromatic carbocycles. The predicted molar refractivity (Wildman–Crippen MR) is 121 cm³/mol. The molecule has 0 radical (unpaired) electrons. The average Bonchev–Trinajstić information content (AvgIpc) is 3.04. The van der Waals surface area contributed by atoms with Gasteiger partial charge in [0.25, 0.3) is 0 Å². The molecule has 6 nitrogen and oxygen atoms in total. The van der Waals surface area contributed by atoms with Crippen LogP contribution in [0.25, 0.3) is 0 Å². The standard InChI is InChI=1S/C25H34N4O2/c1-28-15-8-13-22(28)23(29-16-14-19-9-6-7-10-20(19)18-29)17-26-24(30)25(31)27-21-11-4-2-3-5-12-21/h6-10,13,15,21,23H,2-5,11-12,14,16-18H2,1H3,(H,26,30)(H,27,31). The molecule has 1 aromatic heterocycles. The molecule has 1 saturated carbocycles. The Hall–Kier alpha value is -2.60. The number of carbonyl (C=O) groups is 2. The number of hydrogen-bond acceptors (Lipinski definition) is 3. The Bertz CT molecular complexity index is 898. The Kier molecular flexibility index (Phi) is 7.07. The van der Waals surface area contributed by atoms with Gasteiger partial charge in [0.1, 0.15) is 0 Å². The number of carbonyl (C=O) groups excluding carboxylic acids is 2. The third-order valence-corrected chi connectivity index (χ3v) is 6.78. The van der Waals surface area contributed by atoms with Gasteiger partial charge >= 0.3 is 11.8 Å². The van der Waals surface area contributed by atoms with Crippen molar-refractivity contribution in [3.63, 3.8) is 0 Å². The average molecular weight is 423 g/mol. The fourth-order valence-corrected chi connectivity index (χ4v) is 4.97. The molecule has 2 aliphatic rings. The smallest absolute Gasteiger partial charge is 0.309 e. The summed E-state index contributed by atoms with van der Waals surface area (Å²) in [5.74, 6) is -1.03. The summed E-state index contributed by atoms with van der Waals surface area (Å²) in [7, 11) is 2.03. The molecule has 166 valence electrons. The van der Waals surface area contributed by atoms with Gasteiger partial charge in [0.2, 0.25) is 0 Å². The first-order valence-electron chi connectivity index (χ1n) is 11.6. The topological polar surface area (TPSA) is 66.4 Å². The van der Waals surface area contributed by atoms with Crippen molar-refractivity contribution in [3.05, 3.63) is 59.4 Å². The highest BCUT2D eigenvalue weighted by molar-refractivity contribution is 6.35. The molecule has 1 fully saturated rings. The van der Waals surface area contributed by atoms with E-state index in [-0.39, 0.29) is 12.1 Å². The maximum absolute atomic E-state index is 12.6. The van der Waals surface area contributed by atoms with Crippen LogP contribution in [0, 0.1) is 0 Å². The molecule has 2 heterocycles. The van der Waals surface area contributed by atoms with E-state index in [2.05, 4.69) is 50.4 Å². The molecule has 6 heteroatoms. The van der Waals surface area contributed by atoms with Crippen LogP contribution in [0.1, 0.15) is 61.4 Å². The van der Waals surface area contributed by atoms with Crippen LogP contribution in [0.3, 0.4) is 0 Å². The first-order chi connectivity index (χ1) is 15.1. The second-order valence-electron chi connectivity index (χ2n) is 8.92. The minimum atomic E-state index is -0.527. The first-order valence-corrected chi connectivity index (χ1v) is 11.6. The number of rotatable bonds is 5. The van der Waals surface area contributed by atoms with Gasteiger partial charge in [-0.3, -0.25) is 14.5 Å². The lowest BCUT2D eigenvalue weighted by Crippen LogP contribution is -2.47. The number of aryl methyl sites for hydroxylation is 1. The van der Waals surface area contributed by atoms with Gasteiger partial charge in [-0.1, -0.05) is 49.9 Å². The minimum absolute atomic E-state index is 0.0167. The maximum Gasteiger partial charge on any atom is 0.309 e. The Morgan fingerprint density at radius 3 is 2.45 bits per heavy atom. The van der Waals surface area contributed by atoms with Crippen LogP contribution in [-0.2, 0) is 29.6 Å². The van der Waals surface area contributed by atoms with Crippen LogP contribution in [0.5, 0.6) is 0 Å². The van der Waals surface area contributed by atoms with Crippen molar-refractivity contribution in [1.29, 1.82) is 0 Å². The van der Waals surface area contributed by atoms with E-state index in [1.165, 1.54) is 24.0 Å². The highest BCUT2D eigenvalue weighted by Gasteiger charge is 2.28. The molecule has 4 rings (SSSR count). The lowest BCUT2D eigenvalue weighted by atomic mass is 9.98. The van der Waals surface area contributed by atoms with E-state index < -0.39 is 11.8 Å². The van der Waals surface area contributed by atoms with Crippen molar-refractivity contribution in [1.82, 2.24) is 20.1 Å². The summed E-state index contributed by atoms with van der Waals surface area (Å²) in [5, 5.41) is 5.87. The number of aromatic nitrogens is 1. The number of benzene rings is 1. The van der Waals surface area contributed by atoms with Gasteiger partial charge in [-0.15, -0.1) is 0 Å². The number of fused-ring (bicyclic) bond motifs is 1.